The third-order valence-electron chi connectivity index (χ3n) is 4.30. The quantitative estimate of drug-likeness (QED) is 0.412. The number of rotatable bonds is 10. The number of hydrogen-bond donors (Lipinski definition) is 0. The number of methoxy groups -OCH3 is 3. The highest BCUT2D eigenvalue weighted by Gasteiger charge is 2.17. The Morgan fingerprint density at radius 2 is 1.55 bits per heavy atom. The first-order valence-corrected chi connectivity index (χ1v) is 9.93. The molecule has 0 aliphatic carbocycles. The molecule has 2 aromatic carbocycles. The summed E-state index contributed by atoms with van der Waals surface area (Å²) in [6, 6.07) is 10.4. The van der Waals surface area contributed by atoms with Crippen LogP contribution in [0.15, 0.2) is 36.4 Å². The Morgan fingerprint density at radius 1 is 0.903 bits per heavy atom. The van der Waals surface area contributed by atoms with Crippen molar-refractivity contribution in [3.8, 4) is 23.0 Å². The van der Waals surface area contributed by atoms with Crippen molar-refractivity contribution in [3.63, 3.8) is 0 Å². The maximum absolute atomic E-state index is 12.7. The number of ether oxygens (including phenoxy) is 5. The average Bonchev–Trinajstić information content (AvgIpc) is 2.74. The van der Waals surface area contributed by atoms with Gasteiger partial charge in [0, 0.05) is 12.0 Å². The van der Waals surface area contributed by atoms with Gasteiger partial charge in [0.1, 0.15) is 11.4 Å². The molecule has 0 fully saturated rings. The molecule has 0 bridgehead atoms. The van der Waals surface area contributed by atoms with Crippen LogP contribution in [0, 0.1) is 0 Å². The van der Waals surface area contributed by atoms with Crippen molar-refractivity contribution in [2.75, 3.05) is 27.9 Å². The van der Waals surface area contributed by atoms with Crippen LogP contribution in [0.5, 0.6) is 23.0 Å². The summed E-state index contributed by atoms with van der Waals surface area (Å²) in [7, 11) is 4.64. The van der Waals surface area contributed by atoms with Crippen molar-refractivity contribution in [2.24, 2.45) is 0 Å². The van der Waals surface area contributed by atoms with Gasteiger partial charge in [-0.25, -0.2) is 4.79 Å². The predicted octanol–water partition coefficient (Wildman–Crippen LogP) is 4.25. The highest BCUT2D eigenvalue weighted by molar-refractivity contribution is 5.96. The molecule has 0 radical (unpaired) electrons. The molecule has 31 heavy (non-hydrogen) atoms. The minimum Gasteiger partial charge on any atom is -0.493 e. The van der Waals surface area contributed by atoms with Gasteiger partial charge in [-0.2, -0.15) is 0 Å². The molecule has 0 aromatic heterocycles. The number of esters is 1. The number of hydrogen-bond acceptors (Lipinski definition) is 7. The molecular formula is C24H30O7. The first-order chi connectivity index (χ1) is 14.7. The molecule has 0 heterocycles. The van der Waals surface area contributed by atoms with Gasteiger partial charge in [0.05, 0.1) is 21.3 Å². The fraction of sp³-hybridized carbons (Fsp3) is 0.417. The highest BCUT2D eigenvalue weighted by Crippen LogP contribution is 2.38. The molecule has 0 spiro atoms. The topological polar surface area (TPSA) is 80.3 Å². The van der Waals surface area contributed by atoms with Gasteiger partial charge in [-0.1, -0.05) is 12.1 Å². The van der Waals surface area contributed by atoms with Crippen molar-refractivity contribution in [1.82, 2.24) is 0 Å². The second-order valence-electron chi connectivity index (χ2n) is 7.86. The van der Waals surface area contributed by atoms with E-state index < -0.39 is 11.6 Å². The summed E-state index contributed by atoms with van der Waals surface area (Å²) in [4.78, 5) is 24.5. The van der Waals surface area contributed by atoms with Crippen molar-refractivity contribution in [3.05, 3.63) is 47.5 Å². The van der Waals surface area contributed by atoms with E-state index in [1.54, 1.807) is 66.4 Å². The highest BCUT2D eigenvalue weighted by atomic mass is 16.6. The molecule has 0 aliphatic rings. The fourth-order valence-corrected chi connectivity index (χ4v) is 2.95. The molecule has 0 saturated heterocycles. The van der Waals surface area contributed by atoms with Gasteiger partial charge in [0.15, 0.2) is 23.9 Å². The van der Waals surface area contributed by atoms with Crippen molar-refractivity contribution >= 4 is 11.8 Å². The van der Waals surface area contributed by atoms with E-state index in [4.69, 9.17) is 23.7 Å². The molecular weight excluding hydrogens is 400 g/mol. The first kappa shape index (κ1) is 24.1. The summed E-state index contributed by atoms with van der Waals surface area (Å²) < 4.78 is 26.7. The van der Waals surface area contributed by atoms with Crippen molar-refractivity contribution in [2.45, 2.75) is 39.2 Å². The third-order valence-corrected chi connectivity index (χ3v) is 4.30. The van der Waals surface area contributed by atoms with E-state index in [9.17, 15) is 9.59 Å². The van der Waals surface area contributed by atoms with Crippen LogP contribution in [0.3, 0.4) is 0 Å². The Balaban J connectivity index is 2.02. The van der Waals surface area contributed by atoms with Crippen LogP contribution >= 0.6 is 0 Å². The van der Waals surface area contributed by atoms with Crippen molar-refractivity contribution in [1.29, 1.82) is 0 Å². The van der Waals surface area contributed by atoms with Gasteiger partial charge >= 0.3 is 5.97 Å². The van der Waals surface area contributed by atoms with Crippen LogP contribution in [0.1, 0.15) is 43.1 Å². The third kappa shape index (κ3) is 7.20. The standard InChI is InChI=1S/C24H30O7/c1-24(2,3)31-22(26)15-30-18-9-7-8-17(14-18)19(25)11-10-16-12-20(27-4)23(29-6)21(13-16)28-5/h7-9,12-14H,10-11,15H2,1-6H3. The van der Waals surface area contributed by atoms with Gasteiger partial charge in [0.25, 0.3) is 0 Å². The van der Waals surface area contributed by atoms with Gasteiger partial charge < -0.3 is 23.7 Å². The SMILES string of the molecule is COc1cc(CCC(=O)c2cccc(OCC(=O)OC(C)(C)C)c2)cc(OC)c1OC. The second kappa shape index (κ2) is 10.7. The lowest BCUT2D eigenvalue weighted by molar-refractivity contribution is -0.157. The zero-order valence-corrected chi connectivity index (χ0v) is 18.9. The van der Waals surface area contributed by atoms with Crippen LogP contribution in [0.2, 0.25) is 0 Å². The van der Waals surface area contributed by atoms with E-state index in [2.05, 4.69) is 0 Å². The van der Waals surface area contributed by atoms with Crippen LogP contribution in [-0.4, -0.2) is 45.3 Å². The lowest BCUT2D eigenvalue weighted by Gasteiger charge is -2.19. The predicted molar refractivity (Wildman–Crippen MR) is 117 cm³/mol. The number of carbonyl (C=O) groups is 2. The van der Waals surface area contributed by atoms with Crippen LogP contribution in [0.4, 0.5) is 0 Å². The largest absolute Gasteiger partial charge is 0.493 e. The molecule has 0 amide bonds. The summed E-state index contributed by atoms with van der Waals surface area (Å²) in [5.74, 6) is 1.52. The Morgan fingerprint density at radius 3 is 2.10 bits per heavy atom. The minimum atomic E-state index is -0.578. The average molecular weight is 430 g/mol. The molecule has 7 nitrogen and oxygen atoms in total. The summed E-state index contributed by atoms with van der Waals surface area (Å²) >= 11 is 0. The summed E-state index contributed by atoms with van der Waals surface area (Å²) in [5.41, 5.74) is 0.819. The van der Waals surface area contributed by atoms with E-state index in [1.165, 1.54) is 0 Å². The van der Waals surface area contributed by atoms with E-state index in [0.717, 1.165) is 5.56 Å². The molecule has 0 N–H and O–H groups in total. The molecule has 168 valence electrons. The Labute approximate surface area is 183 Å². The maximum Gasteiger partial charge on any atom is 0.344 e. The van der Waals surface area contributed by atoms with Gasteiger partial charge in [0.2, 0.25) is 5.75 Å². The smallest absolute Gasteiger partial charge is 0.344 e. The lowest BCUT2D eigenvalue weighted by atomic mass is 10.0. The zero-order valence-electron chi connectivity index (χ0n) is 18.9. The monoisotopic (exact) mass is 430 g/mol. The first-order valence-electron chi connectivity index (χ1n) is 9.93. The summed E-state index contributed by atoms with van der Waals surface area (Å²) in [5, 5.41) is 0. The number of ketones is 1. The number of carbonyl (C=O) groups excluding carboxylic acids is 2. The maximum atomic E-state index is 12.7. The van der Waals surface area contributed by atoms with Crippen LogP contribution in [0.25, 0.3) is 0 Å². The number of Topliss-reactive ketones (excluding diaryl/α,β-unsaturated/α-hetero) is 1. The molecule has 2 rings (SSSR count). The molecule has 7 heteroatoms. The minimum absolute atomic E-state index is 0.0449. The Kier molecular flexibility index (Phi) is 8.30. The van der Waals surface area contributed by atoms with E-state index in [1.807, 2.05) is 12.1 Å². The molecule has 0 unspecified atom stereocenters. The normalized spacial score (nSPS) is 10.9. The molecule has 0 aliphatic heterocycles. The molecule has 2 aromatic rings. The summed E-state index contributed by atoms with van der Waals surface area (Å²) in [6.45, 7) is 5.15. The van der Waals surface area contributed by atoms with E-state index >= 15 is 0 Å². The van der Waals surface area contributed by atoms with E-state index in [-0.39, 0.29) is 18.8 Å². The van der Waals surface area contributed by atoms with Crippen LogP contribution < -0.4 is 18.9 Å². The second-order valence-corrected chi connectivity index (χ2v) is 7.86. The fourth-order valence-electron chi connectivity index (χ4n) is 2.95. The van der Waals surface area contributed by atoms with Crippen LogP contribution in [-0.2, 0) is 16.0 Å². The van der Waals surface area contributed by atoms with Gasteiger partial charge in [-0.3, -0.25) is 4.79 Å². The zero-order chi connectivity index (χ0) is 23.0. The van der Waals surface area contributed by atoms with Gasteiger partial charge in [-0.15, -0.1) is 0 Å². The lowest BCUT2D eigenvalue weighted by Crippen LogP contribution is -2.27. The van der Waals surface area contributed by atoms with Gasteiger partial charge in [-0.05, 0) is 57.0 Å². The van der Waals surface area contributed by atoms with Crippen molar-refractivity contribution < 1.29 is 33.3 Å². The molecule has 0 saturated carbocycles. The van der Waals surface area contributed by atoms with E-state index in [0.29, 0.717) is 35.0 Å². The summed E-state index contributed by atoms with van der Waals surface area (Å²) in [6.07, 6.45) is 0.784. The Bertz CT molecular complexity index is 887. The molecule has 0 atom stereocenters. The number of aryl methyl sites for hydroxylation is 1. The number of benzene rings is 2. The Hall–Kier alpha value is -3.22.